The second-order valence-corrected chi connectivity index (χ2v) is 6.44. The van der Waals surface area contributed by atoms with Crippen molar-refractivity contribution in [3.63, 3.8) is 0 Å². The minimum atomic E-state index is 0.333. The molecule has 0 aliphatic heterocycles. The van der Waals surface area contributed by atoms with E-state index in [1.165, 1.54) is 9.75 Å². The Labute approximate surface area is 112 Å². The van der Waals surface area contributed by atoms with Crippen molar-refractivity contribution in [2.24, 2.45) is 11.7 Å². The Hall–Kier alpha value is -1.13. The average molecular weight is 263 g/mol. The van der Waals surface area contributed by atoms with Crippen LogP contribution in [0.5, 0.6) is 0 Å². The monoisotopic (exact) mass is 263 g/mol. The van der Waals surface area contributed by atoms with Crippen LogP contribution in [0.3, 0.4) is 0 Å². The van der Waals surface area contributed by atoms with Crippen molar-refractivity contribution in [1.82, 2.24) is 9.97 Å². The number of aromatic amines is 1. The zero-order chi connectivity index (χ0) is 13.1. The maximum Gasteiger partial charge on any atom is 0.110 e. The van der Waals surface area contributed by atoms with Gasteiger partial charge < -0.3 is 10.7 Å². The minimum Gasteiger partial charge on any atom is -0.341 e. The molecule has 2 heterocycles. The Kier molecular flexibility index (Phi) is 4.19. The van der Waals surface area contributed by atoms with Crippen molar-refractivity contribution < 1.29 is 0 Å². The van der Waals surface area contributed by atoms with Crippen LogP contribution in [-0.2, 0) is 0 Å². The molecule has 0 spiro atoms. The van der Waals surface area contributed by atoms with E-state index >= 15 is 0 Å². The highest BCUT2D eigenvalue weighted by Crippen LogP contribution is 2.28. The third-order valence-electron chi connectivity index (χ3n) is 3.03. The van der Waals surface area contributed by atoms with E-state index in [1.54, 1.807) is 11.3 Å². The molecule has 0 saturated heterocycles. The van der Waals surface area contributed by atoms with Crippen molar-refractivity contribution in [2.45, 2.75) is 33.1 Å². The van der Waals surface area contributed by atoms with E-state index in [-0.39, 0.29) is 0 Å². The summed E-state index contributed by atoms with van der Waals surface area (Å²) in [5.41, 5.74) is 6.95. The van der Waals surface area contributed by atoms with Crippen molar-refractivity contribution >= 4 is 11.3 Å². The SMILES string of the molecule is Cc1ccc(-c2cnc(C(CN)CC(C)C)[nH]2)s1. The lowest BCUT2D eigenvalue weighted by atomic mass is 9.97. The molecule has 18 heavy (non-hydrogen) atoms. The van der Waals surface area contributed by atoms with Gasteiger partial charge in [-0.1, -0.05) is 13.8 Å². The Morgan fingerprint density at radius 1 is 1.39 bits per heavy atom. The van der Waals surface area contributed by atoms with Gasteiger partial charge in [0.15, 0.2) is 0 Å². The molecule has 3 nitrogen and oxygen atoms in total. The number of hydrogen-bond donors (Lipinski definition) is 2. The van der Waals surface area contributed by atoms with E-state index in [0.29, 0.717) is 18.4 Å². The van der Waals surface area contributed by atoms with Crippen LogP contribution in [0.15, 0.2) is 18.3 Å². The topological polar surface area (TPSA) is 54.7 Å². The standard InChI is InChI=1S/C14H21N3S/c1-9(2)6-11(7-15)14-16-8-12(17-14)13-5-4-10(3)18-13/h4-5,8-9,11H,6-7,15H2,1-3H3,(H,16,17). The minimum absolute atomic E-state index is 0.333. The quantitative estimate of drug-likeness (QED) is 0.867. The summed E-state index contributed by atoms with van der Waals surface area (Å²) in [5, 5.41) is 0. The summed E-state index contributed by atoms with van der Waals surface area (Å²) in [4.78, 5) is 10.5. The fourth-order valence-corrected chi connectivity index (χ4v) is 2.97. The number of hydrogen-bond acceptors (Lipinski definition) is 3. The summed E-state index contributed by atoms with van der Waals surface area (Å²) in [5.74, 6) is 1.99. The van der Waals surface area contributed by atoms with Crippen molar-refractivity contribution in [3.05, 3.63) is 29.0 Å². The molecule has 0 aromatic carbocycles. The second-order valence-electron chi connectivity index (χ2n) is 5.15. The lowest BCUT2D eigenvalue weighted by molar-refractivity contribution is 0.490. The van der Waals surface area contributed by atoms with Crippen LogP contribution in [0.1, 0.15) is 36.9 Å². The zero-order valence-corrected chi connectivity index (χ0v) is 12.1. The van der Waals surface area contributed by atoms with Crippen LogP contribution in [0.2, 0.25) is 0 Å². The summed E-state index contributed by atoms with van der Waals surface area (Å²) >= 11 is 1.78. The number of thiophene rings is 1. The average Bonchev–Trinajstić information content (AvgIpc) is 2.93. The smallest absolute Gasteiger partial charge is 0.110 e. The molecule has 0 saturated carbocycles. The van der Waals surface area contributed by atoms with Gasteiger partial charge in [-0.15, -0.1) is 11.3 Å². The van der Waals surface area contributed by atoms with Gasteiger partial charge in [-0.2, -0.15) is 0 Å². The van der Waals surface area contributed by atoms with Gasteiger partial charge >= 0.3 is 0 Å². The number of nitrogens with zero attached hydrogens (tertiary/aromatic N) is 1. The fraction of sp³-hybridized carbons (Fsp3) is 0.500. The Bertz CT molecular complexity index is 499. The molecule has 2 rings (SSSR count). The molecule has 0 aliphatic rings. The highest BCUT2D eigenvalue weighted by Gasteiger charge is 2.16. The molecule has 2 aromatic heterocycles. The fourth-order valence-electron chi connectivity index (χ4n) is 2.14. The van der Waals surface area contributed by atoms with Gasteiger partial charge in [0.2, 0.25) is 0 Å². The third-order valence-corrected chi connectivity index (χ3v) is 4.06. The normalized spacial score (nSPS) is 13.2. The van der Waals surface area contributed by atoms with Gasteiger partial charge in [0.25, 0.3) is 0 Å². The molecule has 1 unspecified atom stereocenters. The van der Waals surface area contributed by atoms with E-state index in [9.17, 15) is 0 Å². The predicted molar refractivity (Wildman–Crippen MR) is 77.9 cm³/mol. The molecular formula is C14H21N3S. The van der Waals surface area contributed by atoms with Gasteiger partial charge in [-0.25, -0.2) is 4.98 Å². The molecule has 2 aromatic rings. The van der Waals surface area contributed by atoms with Crippen LogP contribution in [0.4, 0.5) is 0 Å². The molecule has 0 bridgehead atoms. The van der Waals surface area contributed by atoms with Crippen LogP contribution >= 0.6 is 11.3 Å². The molecule has 4 heteroatoms. The van der Waals surface area contributed by atoms with Crippen LogP contribution < -0.4 is 5.73 Å². The first-order valence-electron chi connectivity index (χ1n) is 6.42. The number of nitrogens with one attached hydrogen (secondary N) is 1. The van der Waals surface area contributed by atoms with Crippen LogP contribution in [0, 0.1) is 12.8 Å². The van der Waals surface area contributed by atoms with Crippen molar-refractivity contribution in [1.29, 1.82) is 0 Å². The number of rotatable bonds is 5. The van der Waals surface area contributed by atoms with E-state index in [4.69, 9.17) is 5.73 Å². The molecule has 0 aliphatic carbocycles. The summed E-state index contributed by atoms with van der Waals surface area (Å²) in [6.07, 6.45) is 3.00. The summed E-state index contributed by atoms with van der Waals surface area (Å²) in [7, 11) is 0. The summed E-state index contributed by atoms with van der Waals surface area (Å²) in [6.45, 7) is 7.20. The maximum atomic E-state index is 5.85. The van der Waals surface area contributed by atoms with E-state index in [2.05, 4.69) is 42.9 Å². The molecule has 1 atom stereocenters. The number of aryl methyl sites for hydroxylation is 1. The van der Waals surface area contributed by atoms with Gasteiger partial charge in [-0.05, 0) is 31.4 Å². The number of aromatic nitrogens is 2. The molecule has 98 valence electrons. The van der Waals surface area contributed by atoms with E-state index in [1.807, 2.05) is 6.20 Å². The lowest BCUT2D eigenvalue weighted by Gasteiger charge is -2.14. The lowest BCUT2D eigenvalue weighted by Crippen LogP contribution is -2.15. The van der Waals surface area contributed by atoms with Crippen LogP contribution in [0.25, 0.3) is 10.6 Å². The number of imidazole rings is 1. The molecule has 0 amide bonds. The van der Waals surface area contributed by atoms with Gasteiger partial charge in [0, 0.05) is 17.3 Å². The van der Waals surface area contributed by atoms with Crippen LogP contribution in [-0.4, -0.2) is 16.5 Å². The molecule has 0 fully saturated rings. The number of H-pyrrole nitrogens is 1. The third kappa shape index (κ3) is 3.00. The molecule has 0 radical (unpaired) electrons. The Balaban J connectivity index is 2.18. The van der Waals surface area contributed by atoms with Gasteiger partial charge in [0.05, 0.1) is 16.8 Å². The van der Waals surface area contributed by atoms with Crippen molar-refractivity contribution in [2.75, 3.05) is 6.54 Å². The Morgan fingerprint density at radius 3 is 2.72 bits per heavy atom. The largest absolute Gasteiger partial charge is 0.341 e. The van der Waals surface area contributed by atoms with E-state index < -0.39 is 0 Å². The maximum absolute atomic E-state index is 5.85. The summed E-state index contributed by atoms with van der Waals surface area (Å²) in [6, 6.07) is 4.27. The Morgan fingerprint density at radius 2 is 2.17 bits per heavy atom. The molecule has 3 N–H and O–H groups in total. The highest BCUT2D eigenvalue weighted by atomic mass is 32.1. The van der Waals surface area contributed by atoms with Gasteiger partial charge in [-0.3, -0.25) is 0 Å². The van der Waals surface area contributed by atoms with Crippen molar-refractivity contribution in [3.8, 4) is 10.6 Å². The first kappa shape index (κ1) is 13.3. The molecular weight excluding hydrogens is 242 g/mol. The van der Waals surface area contributed by atoms with E-state index in [0.717, 1.165) is 17.9 Å². The first-order chi connectivity index (χ1) is 8.60. The highest BCUT2D eigenvalue weighted by molar-refractivity contribution is 7.15. The summed E-state index contributed by atoms with van der Waals surface area (Å²) < 4.78 is 0. The second kappa shape index (κ2) is 5.67. The number of nitrogens with two attached hydrogens (primary N) is 1. The zero-order valence-electron chi connectivity index (χ0n) is 11.2. The van der Waals surface area contributed by atoms with Gasteiger partial charge in [0.1, 0.15) is 5.82 Å². The predicted octanol–water partition coefficient (Wildman–Crippen LogP) is 3.54. The first-order valence-corrected chi connectivity index (χ1v) is 7.23.